The van der Waals surface area contributed by atoms with Gasteiger partial charge in [0.1, 0.15) is 21.2 Å². The summed E-state index contributed by atoms with van der Waals surface area (Å²) in [4.78, 5) is 15.7. The second-order valence-electron chi connectivity index (χ2n) is 9.23. The molecule has 1 heterocycles. The second-order valence-corrected chi connectivity index (χ2v) is 10.7. The van der Waals surface area contributed by atoms with Gasteiger partial charge in [0.25, 0.3) is 0 Å². The standard InChI is InChI=1S/C25H23BrF6N2O2/c1-13(2)17-12-33-20-6-5-15(11-16(17)20)36-21-18(24(27,28)29)9-14(10-19(21)25(30,31)32)34-22(35)23(26)7-3-4-8-23/h5-6,9-13,33H,3-4,7-8H2,1-2H3,(H,34,35). The van der Waals surface area contributed by atoms with Crippen molar-refractivity contribution in [2.45, 2.75) is 62.1 Å². The van der Waals surface area contributed by atoms with Gasteiger partial charge in [0.15, 0.2) is 5.75 Å². The monoisotopic (exact) mass is 576 g/mol. The van der Waals surface area contributed by atoms with Gasteiger partial charge >= 0.3 is 12.4 Å². The van der Waals surface area contributed by atoms with Crippen LogP contribution in [0.4, 0.5) is 32.0 Å². The van der Waals surface area contributed by atoms with Crippen molar-refractivity contribution < 1.29 is 35.9 Å². The zero-order chi connectivity index (χ0) is 26.5. The molecule has 0 aliphatic heterocycles. The fourth-order valence-corrected chi connectivity index (χ4v) is 5.08. The van der Waals surface area contributed by atoms with Crippen LogP contribution in [0.1, 0.15) is 62.1 Å². The van der Waals surface area contributed by atoms with Gasteiger partial charge in [0.2, 0.25) is 5.91 Å². The highest BCUT2D eigenvalue weighted by molar-refractivity contribution is 9.10. The normalized spacial score (nSPS) is 16.1. The molecule has 0 unspecified atom stereocenters. The molecule has 0 saturated heterocycles. The molecule has 2 N–H and O–H groups in total. The van der Waals surface area contributed by atoms with Crippen LogP contribution in [0.3, 0.4) is 0 Å². The fourth-order valence-electron chi connectivity index (χ4n) is 4.42. The molecule has 0 bridgehead atoms. The Hall–Kier alpha value is -2.69. The molecular weight excluding hydrogens is 554 g/mol. The molecule has 4 nitrogen and oxygen atoms in total. The molecule has 1 aliphatic carbocycles. The number of aromatic nitrogens is 1. The van der Waals surface area contributed by atoms with Gasteiger partial charge in [-0.3, -0.25) is 4.79 Å². The van der Waals surface area contributed by atoms with E-state index in [9.17, 15) is 31.1 Å². The summed E-state index contributed by atoms with van der Waals surface area (Å²) in [5, 5.41) is 2.87. The third kappa shape index (κ3) is 5.21. The van der Waals surface area contributed by atoms with Crippen LogP contribution in [-0.2, 0) is 17.1 Å². The van der Waals surface area contributed by atoms with Crippen LogP contribution in [0.15, 0.2) is 36.5 Å². The molecule has 1 amide bonds. The van der Waals surface area contributed by atoms with Crippen molar-refractivity contribution in [1.29, 1.82) is 0 Å². The number of halogens is 7. The first-order chi connectivity index (χ1) is 16.7. The number of benzene rings is 2. The Bertz CT molecular complexity index is 1250. The first-order valence-electron chi connectivity index (χ1n) is 11.3. The van der Waals surface area contributed by atoms with E-state index in [1.807, 2.05) is 13.8 Å². The maximum atomic E-state index is 14.0. The number of carbonyl (C=O) groups excluding carboxylic acids is 1. The van der Waals surface area contributed by atoms with Crippen molar-refractivity contribution in [2.75, 3.05) is 5.32 Å². The summed E-state index contributed by atoms with van der Waals surface area (Å²) in [6.45, 7) is 3.82. The molecule has 11 heteroatoms. The maximum Gasteiger partial charge on any atom is 0.420 e. The number of carbonyl (C=O) groups is 1. The molecule has 1 saturated carbocycles. The van der Waals surface area contributed by atoms with E-state index in [4.69, 9.17) is 4.74 Å². The number of hydrogen-bond acceptors (Lipinski definition) is 2. The van der Waals surface area contributed by atoms with Crippen molar-refractivity contribution in [3.63, 3.8) is 0 Å². The Morgan fingerprint density at radius 1 is 1.03 bits per heavy atom. The number of ether oxygens (including phenoxy) is 1. The molecule has 0 spiro atoms. The molecule has 1 aromatic heterocycles. The molecule has 2 aromatic carbocycles. The number of anilines is 1. The van der Waals surface area contributed by atoms with Crippen LogP contribution >= 0.6 is 15.9 Å². The third-order valence-electron chi connectivity index (χ3n) is 6.29. The van der Waals surface area contributed by atoms with Gasteiger partial charge in [-0.05, 0) is 54.7 Å². The zero-order valence-corrected chi connectivity index (χ0v) is 20.9. The van der Waals surface area contributed by atoms with Crippen LogP contribution in [-0.4, -0.2) is 15.2 Å². The van der Waals surface area contributed by atoms with Gasteiger partial charge in [-0.15, -0.1) is 0 Å². The second kappa shape index (κ2) is 9.32. The van der Waals surface area contributed by atoms with E-state index in [0.29, 0.717) is 35.9 Å². The van der Waals surface area contributed by atoms with Crippen LogP contribution in [0, 0.1) is 0 Å². The largest absolute Gasteiger partial charge is 0.456 e. The van der Waals surface area contributed by atoms with Crippen LogP contribution in [0.25, 0.3) is 10.9 Å². The topological polar surface area (TPSA) is 54.1 Å². The quantitative estimate of drug-likeness (QED) is 0.235. The molecule has 3 aromatic rings. The van der Waals surface area contributed by atoms with E-state index >= 15 is 0 Å². The van der Waals surface area contributed by atoms with E-state index in [-0.39, 0.29) is 11.7 Å². The van der Waals surface area contributed by atoms with Crippen LogP contribution in [0.2, 0.25) is 0 Å². The number of nitrogens with one attached hydrogen (secondary N) is 2. The molecule has 36 heavy (non-hydrogen) atoms. The number of aromatic amines is 1. The van der Waals surface area contributed by atoms with Crippen molar-refractivity contribution >= 4 is 38.4 Å². The zero-order valence-electron chi connectivity index (χ0n) is 19.3. The molecule has 1 fully saturated rings. The number of amides is 1. The van der Waals surface area contributed by atoms with Crippen LogP contribution < -0.4 is 10.1 Å². The lowest BCUT2D eigenvalue weighted by Crippen LogP contribution is -2.34. The summed E-state index contributed by atoms with van der Waals surface area (Å²) in [6, 6.07) is 5.19. The van der Waals surface area contributed by atoms with Crippen molar-refractivity contribution in [3.8, 4) is 11.5 Å². The average Bonchev–Trinajstić information content (AvgIpc) is 3.40. The molecule has 4 rings (SSSR count). The molecule has 0 radical (unpaired) electrons. The van der Waals surface area contributed by atoms with Gasteiger partial charge < -0.3 is 15.0 Å². The molecule has 0 atom stereocenters. The van der Waals surface area contributed by atoms with E-state index in [1.54, 1.807) is 6.20 Å². The maximum absolute atomic E-state index is 14.0. The summed E-state index contributed by atoms with van der Waals surface area (Å²) in [5.74, 6) is -2.18. The first-order valence-corrected chi connectivity index (χ1v) is 12.1. The highest BCUT2D eigenvalue weighted by Crippen LogP contribution is 2.48. The molecule has 1 aliphatic rings. The van der Waals surface area contributed by atoms with E-state index < -0.39 is 45.1 Å². The van der Waals surface area contributed by atoms with Gasteiger partial charge in [0, 0.05) is 22.8 Å². The third-order valence-corrected chi connectivity index (χ3v) is 7.44. The van der Waals surface area contributed by atoms with Crippen molar-refractivity contribution in [2.24, 2.45) is 0 Å². The van der Waals surface area contributed by atoms with Gasteiger partial charge in [-0.2, -0.15) is 26.3 Å². The Morgan fingerprint density at radius 3 is 2.14 bits per heavy atom. The predicted molar refractivity (Wildman–Crippen MR) is 128 cm³/mol. The Kier molecular flexibility index (Phi) is 6.83. The van der Waals surface area contributed by atoms with Crippen LogP contribution in [0.5, 0.6) is 11.5 Å². The highest BCUT2D eigenvalue weighted by atomic mass is 79.9. The predicted octanol–water partition coefficient (Wildman–Crippen LogP) is 8.77. The SMILES string of the molecule is CC(C)c1c[nH]c2ccc(Oc3c(C(F)(F)F)cc(NC(=O)C4(Br)CCCC4)cc3C(F)(F)F)cc12. The summed E-state index contributed by atoms with van der Waals surface area (Å²) >= 11 is 3.29. The first kappa shape index (κ1) is 26.4. The summed E-state index contributed by atoms with van der Waals surface area (Å²) < 4.78 is 88.4. The van der Waals surface area contributed by atoms with E-state index in [1.165, 1.54) is 18.2 Å². The van der Waals surface area contributed by atoms with Gasteiger partial charge in [0.05, 0.1) is 0 Å². The highest BCUT2D eigenvalue weighted by Gasteiger charge is 2.44. The minimum atomic E-state index is -5.18. The summed E-state index contributed by atoms with van der Waals surface area (Å²) in [7, 11) is 0. The lowest BCUT2D eigenvalue weighted by Gasteiger charge is -2.23. The molecule has 194 valence electrons. The van der Waals surface area contributed by atoms with Gasteiger partial charge in [-0.25, -0.2) is 0 Å². The minimum Gasteiger partial charge on any atom is -0.456 e. The lowest BCUT2D eigenvalue weighted by molar-refractivity contribution is -0.145. The van der Waals surface area contributed by atoms with Crippen molar-refractivity contribution in [3.05, 3.63) is 53.2 Å². The number of H-pyrrole nitrogens is 1. The number of alkyl halides is 7. The molecular formula is C25H23BrF6N2O2. The smallest absolute Gasteiger partial charge is 0.420 e. The number of fused-ring (bicyclic) bond motifs is 1. The minimum absolute atomic E-state index is 0.0611. The van der Waals surface area contributed by atoms with E-state index in [0.717, 1.165) is 18.4 Å². The van der Waals surface area contributed by atoms with Crippen molar-refractivity contribution in [1.82, 2.24) is 4.98 Å². The Morgan fingerprint density at radius 2 is 1.61 bits per heavy atom. The number of hydrogen-bond donors (Lipinski definition) is 2. The lowest BCUT2D eigenvalue weighted by atomic mass is 10.0. The summed E-state index contributed by atoms with van der Waals surface area (Å²) in [5.41, 5.74) is -2.37. The average molecular weight is 577 g/mol. The van der Waals surface area contributed by atoms with Gasteiger partial charge in [-0.1, -0.05) is 42.6 Å². The fraction of sp³-hybridized carbons (Fsp3) is 0.400. The number of rotatable bonds is 5. The summed E-state index contributed by atoms with van der Waals surface area (Å²) in [6.07, 6.45) is -6.34. The Balaban J connectivity index is 1.81. The Labute approximate surface area is 211 Å². The van der Waals surface area contributed by atoms with E-state index in [2.05, 4.69) is 26.2 Å².